The Kier molecular flexibility index (Phi) is 6.10. The lowest BCUT2D eigenvalue weighted by Gasteiger charge is -2.26. The quantitative estimate of drug-likeness (QED) is 0.859. The van der Waals surface area contributed by atoms with Gasteiger partial charge >= 0.3 is 6.36 Å². The Hall–Kier alpha value is -1.76. The normalized spacial score (nSPS) is 17.1. The fourth-order valence-electron chi connectivity index (χ4n) is 2.86. The lowest BCUT2D eigenvalue weighted by molar-refractivity contribution is -0.275. The molecule has 0 radical (unpaired) electrons. The van der Waals surface area contributed by atoms with Gasteiger partial charge in [0, 0.05) is 18.2 Å². The van der Waals surface area contributed by atoms with E-state index in [0.717, 1.165) is 25.7 Å². The SMILES string of the molecule is CC(C(=O)NC1CCCC1)N(C)Cc1ccccc1OC(F)(F)F. The Balaban J connectivity index is 1.98. The van der Waals surface area contributed by atoms with E-state index in [1.807, 2.05) is 0 Å². The van der Waals surface area contributed by atoms with Gasteiger partial charge < -0.3 is 10.1 Å². The Morgan fingerprint density at radius 1 is 1.33 bits per heavy atom. The summed E-state index contributed by atoms with van der Waals surface area (Å²) in [6.07, 6.45) is -0.510. The van der Waals surface area contributed by atoms with Crippen LogP contribution in [-0.2, 0) is 11.3 Å². The van der Waals surface area contributed by atoms with Gasteiger partial charge in [-0.05, 0) is 32.9 Å². The average molecular weight is 344 g/mol. The number of hydrogen-bond acceptors (Lipinski definition) is 3. The van der Waals surface area contributed by atoms with E-state index >= 15 is 0 Å². The number of alkyl halides is 3. The summed E-state index contributed by atoms with van der Waals surface area (Å²) in [5.74, 6) is -0.334. The Labute approximate surface area is 140 Å². The van der Waals surface area contributed by atoms with Gasteiger partial charge in [-0.3, -0.25) is 9.69 Å². The summed E-state index contributed by atoms with van der Waals surface area (Å²) in [6, 6.07) is 5.76. The molecule has 1 unspecified atom stereocenters. The third-order valence-corrected chi connectivity index (χ3v) is 4.36. The molecule has 1 aliphatic carbocycles. The molecule has 1 saturated carbocycles. The highest BCUT2D eigenvalue weighted by molar-refractivity contribution is 5.81. The van der Waals surface area contributed by atoms with Crippen molar-refractivity contribution >= 4 is 5.91 Å². The molecule has 0 bridgehead atoms. The van der Waals surface area contributed by atoms with E-state index < -0.39 is 12.4 Å². The minimum Gasteiger partial charge on any atom is -0.405 e. The summed E-state index contributed by atoms with van der Waals surface area (Å²) >= 11 is 0. The Morgan fingerprint density at radius 2 is 1.96 bits per heavy atom. The Bertz CT molecular complexity index is 557. The summed E-state index contributed by atoms with van der Waals surface area (Å²) < 4.78 is 41.5. The number of carbonyl (C=O) groups excluding carboxylic acids is 1. The van der Waals surface area contributed by atoms with Crippen LogP contribution in [0, 0.1) is 0 Å². The lowest BCUT2D eigenvalue weighted by Crippen LogP contribution is -2.46. The van der Waals surface area contributed by atoms with E-state index in [4.69, 9.17) is 0 Å². The van der Waals surface area contributed by atoms with Gasteiger partial charge in [-0.2, -0.15) is 0 Å². The number of ether oxygens (including phenoxy) is 1. The lowest BCUT2D eigenvalue weighted by atomic mass is 10.1. The molecule has 0 heterocycles. The highest BCUT2D eigenvalue weighted by Crippen LogP contribution is 2.27. The number of hydrogen-bond donors (Lipinski definition) is 1. The fourth-order valence-corrected chi connectivity index (χ4v) is 2.86. The van der Waals surface area contributed by atoms with Crippen LogP contribution in [0.3, 0.4) is 0 Å². The number of carbonyl (C=O) groups is 1. The maximum Gasteiger partial charge on any atom is 0.573 e. The number of likely N-dealkylation sites (N-methyl/N-ethyl adjacent to an activating group) is 1. The van der Waals surface area contributed by atoms with Crippen LogP contribution in [0.5, 0.6) is 5.75 Å². The molecule has 7 heteroatoms. The van der Waals surface area contributed by atoms with Crippen LogP contribution in [0.2, 0.25) is 0 Å². The van der Waals surface area contributed by atoms with Gasteiger partial charge in [0.05, 0.1) is 6.04 Å². The van der Waals surface area contributed by atoms with Crippen molar-refractivity contribution in [3.63, 3.8) is 0 Å². The van der Waals surface area contributed by atoms with Crippen molar-refractivity contribution in [1.82, 2.24) is 10.2 Å². The zero-order valence-corrected chi connectivity index (χ0v) is 13.9. The van der Waals surface area contributed by atoms with Gasteiger partial charge in [0.2, 0.25) is 5.91 Å². The summed E-state index contributed by atoms with van der Waals surface area (Å²) in [5, 5.41) is 3.01. The van der Waals surface area contributed by atoms with Crippen LogP contribution >= 0.6 is 0 Å². The maximum atomic E-state index is 12.5. The number of para-hydroxylation sites is 1. The maximum absolute atomic E-state index is 12.5. The molecule has 1 fully saturated rings. The molecule has 1 aliphatic rings. The number of amides is 1. The number of halogens is 3. The van der Waals surface area contributed by atoms with Gasteiger partial charge in [0.1, 0.15) is 5.75 Å². The fraction of sp³-hybridized carbons (Fsp3) is 0.588. The van der Waals surface area contributed by atoms with Gasteiger partial charge in [0.25, 0.3) is 0 Å². The first-order valence-corrected chi connectivity index (χ1v) is 8.10. The summed E-state index contributed by atoms with van der Waals surface area (Å²) in [4.78, 5) is 14.0. The molecular formula is C17H23F3N2O2. The first-order valence-electron chi connectivity index (χ1n) is 8.10. The van der Waals surface area contributed by atoms with Crippen LogP contribution in [0.1, 0.15) is 38.2 Å². The van der Waals surface area contributed by atoms with Gasteiger partial charge in [-0.25, -0.2) is 0 Å². The molecule has 0 aromatic heterocycles. The van der Waals surface area contributed by atoms with Crippen LogP contribution in [0.4, 0.5) is 13.2 Å². The van der Waals surface area contributed by atoms with Crippen molar-refractivity contribution in [3.05, 3.63) is 29.8 Å². The van der Waals surface area contributed by atoms with Crippen molar-refractivity contribution in [2.45, 2.75) is 57.6 Å². The summed E-state index contributed by atoms with van der Waals surface area (Å²) in [6.45, 7) is 1.93. The molecule has 24 heavy (non-hydrogen) atoms. The molecule has 2 rings (SSSR count). The highest BCUT2D eigenvalue weighted by Gasteiger charge is 2.32. The Morgan fingerprint density at radius 3 is 2.58 bits per heavy atom. The van der Waals surface area contributed by atoms with Crippen molar-refractivity contribution in [3.8, 4) is 5.75 Å². The van der Waals surface area contributed by atoms with E-state index in [9.17, 15) is 18.0 Å². The molecule has 1 aromatic rings. The first-order chi connectivity index (χ1) is 11.3. The van der Waals surface area contributed by atoms with Gasteiger partial charge in [0.15, 0.2) is 0 Å². The molecule has 1 N–H and O–H groups in total. The first kappa shape index (κ1) is 18.6. The molecule has 0 spiro atoms. The van der Waals surface area contributed by atoms with Crippen molar-refractivity contribution in [1.29, 1.82) is 0 Å². The molecule has 134 valence electrons. The van der Waals surface area contributed by atoms with E-state index in [1.54, 1.807) is 31.0 Å². The second-order valence-electron chi connectivity index (χ2n) is 6.24. The van der Waals surface area contributed by atoms with Crippen molar-refractivity contribution < 1.29 is 22.7 Å². The topological polar surface area (TPSA) is 41.6 Å². The number of rotatable bonds is 6. The molecule has 0 saturated heterocycles. The third-order valence-electron chi connectivity index (χ3n) is 4.36. The van der Waals surface area contributed by atoms with Gasteiger partial charge in [-0.1, -0.05) is 31.0 Å². The molecule has 1 amide bonds. The molecule has 1 atom stereocenters. The second kappa shape index (κ2) is 7.88. The highest BCUT2D eigenvalue weighted by atomic mass is 19.4. The van der Waals surface area contributed by atoms with Crippen molar-refractivity contribution in [2.75, 3.05) is 7.05 Å². The van der Waals surface area contributed by atoms with Crippen LogP contribution in [0.25, 0.3) is 0 Å². The minimum atomic E-state index is -4.74. The molecule has 1 aromatic carbocycles. The van der Waals surface area contributed by atoms with Crippen molar-refractivity contribution in [2.24, 2.45) is 0 Å². The molecule has 0 aliphatic heterocycles. The van der Waals surface area contributed by atoms with Crippen LogP contribution in [-0.4, -0.2) is 36.3 Å². The largest absolute Gasteiger partial charge is 0.573 e. The number of nitrogens with zero attached hydrogens (tertiary/aromatic N) is 1. The predicted molar refractivity (Wildman–Crippen MR) is 84.5 cm³/mol. The minimum absolute atomic E-state index is 0.0985. The standard InChI is InChI=1S/C17H23F3N2O2/c1-12(16(23)21-14-8-4-5-9-14)22(2)11-13-7-3-6-10-15(13)24-17(18,19)20/h3,6-7,10,12,14H,4-5,8-9,11H2,1-2H3,(H,21,23). The predicted octanol–water partition coefficient (Wildman–Crippen LogP) is 3.46. The monoisotopic (exact) mass is 344 g/mol. The van der Waals surface area contributed by atoms with Gasteiger partial charge in [-0.15, -0.1) is 13.2 Å². The van der Waals surface area contributed by atoms with E-state index in [1.165, 1.54) is 12.1 Å². The summed E-state index contributed by atoms with van der Waals surface area (Å²) in [5.41, 5.74) is 0.387. The number of benzene rings is 1. The second-order valence-corrected chi connectivity index (χ2v) is 6.24. The van der Waals surface area contributed by atoms with E-state index in [-0.39, 0.29) is 24.2 Å². The number of nitrogens with one attached hydrogen (secondary N) is 1. The van der Waals surface area contributed by atoms with E-state index in [0.29, 0.717) is 5.56 Å². The average Bonchev–Trinajstić information content (AvgIpc) is 2.99. The summed E-state index contributed by atoms with van der Waals surface area (Å²) in [7, 11) is 1.71. The van der Waals surface area contributed by atoms with Crippen LogP contribution in [0.15, 0.2) is 24.3 Å². The molecular weight excluding hydrogens is 321 g/mol. The van der Waals surface area contributed by atoms with E-state index in [2.05, 4.69) is 10.1 Å². The zero-order chi connectivity index (χ0) is 17.7. The third kappa shape index (κ3) is 5.40. The smallest absolute Gasteiger partial charge is 0.405 e. The zero-order valence-electron chi connectivity index (χ0n) is 13.9. The molecule has 4 nitrogen and oxygen atoms in total. The van der Waals surface area contributed by atoms with Crippen LogP contribution < -0.4 is 10.1 Å².